The Morgan fingerprint density at radius 1 is 1.75 bits per heavy atom. The van der Waals surface area contributed by atoms with E-state index in [1.165, 1.54) is 0 Å². The van der Waals surface area contributed by atoms with E-state index in [9.17, 15) is 9.00 Å². The molecule has 0 bridgehead atoms. The number of nitrogens with one attached hydrogen (secondary N) is 1. The summed E-state index contributed by atoms with van der Waals surface area (Å²) in [5.41, 5.74) is 0.389. The van der Waals surface area contributed by atoms with Crippen LogP contribution in [0.25, 0.3) is 0 Å². The van der Waals surface area contributed by atoms with Crippen molar-refractivity contribution in [2.75, 3.05) is 13.2 Å². The minimum atomic E-state index is -2.26. The van der Waals surface area contributed by atoms with Crippen molar-refractivity contribution < 1.29 is 17.7 Å². The van der Waals surface area contributed by atoms with Gasteiger partial charge in [0, 0.05) is 12.1 Å². The first-order valence-corrected chi connectivity index (χ1v) is 4.25. The van der Waals surface area contributed by atoms with Crippen LogP contribution >= 0.6 is 0 Å². The Hall–Kier alpha value is -0.720. The third-order valence-electron chi connectivity index (χ3n) is 0.959. The molecule has 0 rings (SSSR count). The monoisotopic (exact) mass is 193 g/mol. The van der Waals surface area contributed by atoms with E-state index in [4.69, 9.17) is 4.55 Å². The molecular formula is C6H11NO4S. The topological polar surface area (TPSA) is 75.6 Å². The standard InChI is InChI=1S/C6H11NO4S/c1-5(2)6(8)7-3-4-11-12(9)10/h1,3-4H2,2H3,(H,7,8)(H,9,10). The molecule has 0 fully saturated rings. The molecule has 0 aromatic heterocycles. The fourth-order valence-electron chi connectivity index (χ4n) is 0.428. The molecule has 5 nitrogen and oxygen atoms in total. The van der Waals surface area contributed by atoms with Crippen molar-refractivity contribution in [3.8, 4) is 0 Å². The van der Waals surface area contributed by atoms with Crippen molar-refractivity contribution in [3.05, 3.63) is 12.2 Å². The average molecular weight is 193 g/mol. The highest BCUT2D eigenvalue weighted by Gasteiger charge is 2.00. The van der Waals surface area contributed by atoms with Crippen molar-refractivity contribution in [3.63, 3.8) is 0 Å². The van der Waals surface area contributed by atoms with Crippen LogP contribution in [-0.2, 0) is 20.3 Å². The molecule has 6 heteroatoms. The summed E-state index contributed by atoms with van der Waals surface area (Å²) in [6.45, 7) is 5.17. The van der Waals surface area contributed by atoms with Crippen LogP contribution < -0.4 is 5.32 Å². The molecule has 70 valence electrons. The van der Waals surface area contributed by atoms with Gasteiger partial charge in [-0.05, 0) is 6.92 Å². The third-order valence-corrected chi connectivity index (χ3v) is 1.33. The zero-order valence-corrected chi connectivity index (χ0v) is 7.52. The first-order chi connectivity index (χ1) is 5.54. The van der Waals surface area contributed by atoms with Gasteiger partial charge in [0.25, 0.3) is 0 Å². The Bertz CT molecular complexity index is 204. The highest BCUT2D eigenvalue weighted by Crippen LogP contribution is 1.84. The van der Waals surface area contributed by atoms with E-state index in [1.54, 1.807) is 6.92 Å². The highest BCUT2D eigenvalue weighted by atomic mass is 32.2. The Labute approximate surface area is 73.3 Å². The lowest BCUT2D eigenvalue weighted by Gasteiger charge is -2.02. The Morgan fingerprint density at radius 2 is 2.33 bits per heavy atom. The minimum Gasteiger partial charge on any atom is -0.350 e. The van der Waals surface area contributed by atoms with E-state index in [0.717, 1.165) is 0 Å². The molecule has 0 aliphatic heterocycles. The Balaban J connectivity index is 3.38. The summed E-state index contributed by atoms with van der Waals surface area (Å²) < 4.78 is 22.3. The quantitative estimate of drug-likeness (QED) is 0.361. The van der Waals surface area contributed by atoms with E-state index in [0.29, 0.717) is 5.57 Å². The van der Waals surface area contributed by atoms with Gasteiger partial charge in [0.2, 0.25) is 5.91 Å². The predicted octanol–water partition coefficient (Wildman–Crippen LogP) is -0.168. The predicted molar refractivity (Wildman–Crippen MR) is 44.5 cm³/mol. The first-order valence-electron chi connectivity index (χ1n) is 3.22. The number of hydrogen-bond acceptors (Lipinski definition) is 3. The van der Waals surface area contributed by atoms with Crippen molar-refractivity contribution in [2.45, 2.75) is 6.92 Å². The molecule has 2 N–H and O–H groups in total. The van der Waals surface area contributed by atoms with Gasteiger partial charge in [-0.25, -0.2) is 0 Å². The smallest absolute Gasteiger partial charge is 0.301 e. The van der Waals surface area contributed by atoms with Gasteiger partial charge in [-0.1, -0.05) is 6.58 Å². The number of hydrogen-bond donors (Lipinski definition) is 2. The van der Waals surface area contributed by atoms with Crippen molar-refractivity contribution >= 4 is 17.3 Å². The summed E-state index contributed by atoms with van der Waals surface area (Å²) in [5.74, 6) is -0.290. The van der Waals surface area contributed by atoms with Gasteiger partial charge in [-0.2, -0.15) is 4.21 Å². The molecule has 0 aliphatic carbocycles. The van der Waals surface area contributed by atoms with Gasteiger partial charge in [0.05, 0.1) is 6.61 Å². The maximum Gasteiger partial charge on any atom is 0.301 e. The molecule has 0 saturated heterocycles. The maximum atomic E-state index is 10.8. The van der Waals surface area contributed by atoms with Crippen LogP contribution in [0, 0.1) is 0 Å². The lowest BCUT2D eigenvalue weighted by molar-refractivity contribution is -0.117. The van der Waals surface area contributed by atoms with E-state index in [2.05, 4.69) is 16.1 Å². The van der Waals surface area contributed by atoms with Gasteiger partial charge in [0.15, 0.2) is 0 Å². The summed E-state index contributed by atoms with van der Waals surface area (Å²) >= 11 is -2.26. The van der Waals surface area contributed by atoms with E-state index >= 15 is 0 Å². The minimum absolute atomic E-state index is 0.00211. The number of amides is 1. The fourth-order valence-corrected chi connectivity index (χ4v) is 0.654. The fraction of sp³-hybridized carbons (Fsp3) is 0.500. The summed E-state index contributed by atoms with van der Waals surface area (Å²) in [5, 5.41) is 2.43. The van der Waals surface area contributed by atoms with E-state index in [1.807, 2.05) is 0 Å². The molecule has 0 saturated carbocycles. The lowest BCUT2D eigenvalue weighted by Crippen LogP contribution is -2.27. The van der Waals surface area contributed by atoms with Crippen LogP contribution in [0.2, 0.25) is 0 Å². The van der Waals surface area contributed by atoms with Crippen LogP contribution in [0.15, 0.2) is 12.2 Å². The third kappa shape index (κ3) is 6.02. The zero-order chi connectivity index (χ0) is 9.56. The van der Waals surface area contributed by atoms with Crippen LogP contribution in [0.4, 0.5) is 0 Å². The molecule has 0 aromatic carbocycles. The largest absolute Gasteiger partial charge is 0.350 e. The van der Waals surface area contributed by atoms with Gasteiger partial charge < -0.3 is 5.32 Å². The summed E-state index contributed by atoms with van der Waals surface area (Å²) in [4.78, 5) is 10.8. The zero-order valence-electron chi connectivity index (χ0n) is 6.70. The average Bonchev–Trinajstić information content (AvgIpc) is 1.97. The first kappa shape index (κ1) is 11.3. The van der Waals surface area contributed by atoms with E-state index in [-0.39, 0.29) is 19.1 Å². The molecule has 0 spiro atoms. The number of rotatable bonds is 5. The number of carbonyl (C=O) groups is 1. The van der Waals surface area contributed by atoms with E-state index < -0.39 is 11.4 Å². The maximum absolute atomic E-state index is 10.8. The van der Waals surface area contributed by atoms with Crippen LogP contribution in [0.5, 0.6) is 0 Å². The highest BCUT2D eigenvalue weighted by molar-refractivity contribution is 7.74. The summed E-state index contributed by atoms with van der Waals surface area (Å²) in [7, 11) is 0. The van der Waals surface area contributed by atoms with Crippen LogP contribution in [-0.4, -0.2) is 27.8 Å². The SMILES string of the molecule is C=C(C)C(=O)NCCOS(=O)O. The normalized spacial score (nSPS) is 12.2. The molecule has 0 aromatic rings. The Kier molecular flexibility index (Phi) is 5.52. The molecule has 12 heavy (non-hydrogen) atoms. The molecule has 0 radical (unpaired) electrons. The van der Waals surface area contributed by atoms with Crippen molar-refractivity contribution in [1.82, 2.24) is 5.32 Å². The second-order valence-corrected chi connectivity index (χ2v) is 2.75. The van der Waals surface area contributed by atoms with Gasteiger partial charge in [-0.15, -0.1) is 0 Å². The molecule has 1 unspecified atom stereocenters. The molecule has 0 aliphatic rings. The van der Waals surface area contributed by atoms with Crippen LogP contribution in [0.1, 0.15) is 6.92 Å². The van der Waals surface area contributed by atoms with Gasteiger partial charge >= 0.3 is 11.4 Å². The lowest BCUT2D eigenvalue weighted by atomic mass is 10.3. The molecule has 1 amide bonds. The molecule has 1 atom stereocenters. The summed E-state index contributed by atoms with van der Waals surface area (Å²) in [6, 6.07) is 0. The van der Waals surface area contributed by atoms with Crippen molar-refractivity contribution in [1.29, 1.82) is 0 Å². The second-order valence-electron chi connectivity index (χ2n) is 2.08. The summed E-state index contributed by atoms with van der Waals surface area (Å²) in [6.07, 6.45) is 0. The second kappa shape index (κ2) is 5.87. The van der Waals surface area contributed by atoms with Gasteiger partial charge in [-0.3, -0.25) is 13.5 Å². The number of carbonyl (C=O) groups excluding carboxylic acids is 1. The molecule has 0 heterocycles. The molecular weight excluding hydrogens is 182 g/mol. The van der Waals surface area contributed by atoms with Gasteiger partial charge in [0.1, 0.15) is 0 Å². The Morgan fingerprint density at radius 3 is 2.75 bits per heavy atom. The van der Waals surface area contributed by atoms with Crippen molar-refractivity contribution in [2.24, 2.45) is 0 Å². The van der Waals surface area contributed by atoms with Crippen LogP contribution in [0.3, 0.4) is 0 Å².